The van der Waals surface area contributed by atoms with E-state index >= 15 is 0 Å². The van der Waals surface area contributed by atoms with Crippen LogP contribution in [0.15, 0.2) is 18.2 Å². The molecule has 0 unspecified atom stereocenters. The van der Waals surface area contributed by atoms with Gasteiger partial charge in [0.1, 0.15) is 12.4 Å². The number of carbonyl (C=O) groups is 1. The normalized spacial score (nSPS) is 15.2. The number of aryl methyl sites for hydroxylation is 1. The maximum atomic E-state index is 11.9. The topological polar surface area (TPSA) is 35.5 Å². The number of benzene rings is 1. The van der Waals surface area contributed by atoms with Crippen molar-refractivity contribution in [1.29, 1.82) is 0 Å². The first-order valence-corrected chi connectivity index (χ1v) is 6.09. The standard InChI is InChI=1S/C14H18O3/c1-16-8-9-17-12-7-6-11-4-2-3-5-14(15)13(11)10-12/h6-7,10H,2-5,8-9H2,1H3. The summed E-state index contributed by atoms with van der Waals surface area (Å²) in [6.45, 7) is 1.08. The van der Waals surface area contributed by atoms with Gasteiger partial charge in [-0.1, -0.05) is 6.07 Å². The van der Waals surface area contributed by atoms with Crippen molar-refractivity contribution in [3.05, 3.63) is 29.3 Å². The van der Waals surface area contributed by atoms with E-state index in [0.717, 1.165) is 36.1 Å². The summed E-state index contributed by atoms with van der Waals surface area (Å²) in [4.78, 5) is 11.9. The van der Waals surface area contributed by atoms with Gasteiger partial charge in [0, 0.05) is 19.1 Å². The van der Waals surface area contributed by atoms with Crippen LogP contribution in [0.3, 0.4) is 0 Å². The Labute approximate surface area is 102 Å². The Morgan fingerprint density at radius 2 is 2.00 bits per heavy atom. The van der Waals surface area contributed by atoms with Gasteiger partial charge in [0.15, 0.2) is 5.78 Å². The summed E-state index contributed by atoms with van der Waals surface area (Å²) in [6.07, 6.45) is 3.75. The molecule has 0 spiro atoms. The summed E-state index contributed by atoms with van der Waals surface area (Å²) >= 11 is 0. The molecule has 0 aromatic heterocycles. The van der Waals surface area contributed by atoms with E-state index in [9.17, 15) is 4.79 Å². The van der Waals surface area contributed by atoms with Crippen molar-refractivity contribution in [3.8, 4) is 5.75 Å². The minimum Gasteiger partial charge on any atom is -0.491 e. The summed E-state index contributed by atoms with van der Waals surface area (Å²) < 4.78 is 10.4. The highest BCUT2D eigenvalue weighted by atomic mass is 16.5. The molecule has 0 radical (unpaired) electrons. The zero-order chi connectivity index (χ0) is 12.1. The van der Waals surface area contributed by atoms with Crippen LogP contribution in [0.2, 0.25) is 0 Å². The van der Waals surface area contributed by atoms with Crippen LogP contribution in [-0.2, 0) is 11.2 Å². The molecular formula is C14H18O3. The lowest BCUT2D eigenvalue weighted by atomic mass is 10.0. The summed E-state index contributed by atoms with van der Waals surface area (Å²) in [5.74, 6) is 1.01. The van der Waals surface area contributed by atoms with Gasteiger partial charge in [0.25, 0.3) is 0 Å². The molecular weight excluding hydrogens is 216 g/mol. The fourth-order valence-electron chi connectivity index (χ4n) is 2.10. The van der Waals surface area contributed by atoms with Crippen LogP contribution in [0, 0.1) is 0 Å². The van der Waals surface area contributed by atoms with E-state index in [1.807, 2.05) is 18.2 Å². The fourth-order valence-corrected chi connectivity index (χ4v) is 2.10. The van der Waals surface area contributed by atoms with Crippen molar-refractivity contribution in [2.75, 3.05) is 20.3 Å². The van der Waals surface area contributed by atoms with E-state index in [0.29, 0.717) is 19.6 Å². The Kier molecular flexibility index (Phi) is 4.15. The Bertz CT molecular complexity index is 398. The number of hydrogen-bond acceptors (Lipinski definition) is 3. The molecule has 0 amide bonds. The predicted molar refractivity (Wildman–Crippen MR) is 65.7 cm³/mol. The highest BCUT2D eigenvalue weighted by Crippen LogP contribution is 2.24. The number of ether oxygens (including phenoxy) is 2. The first kappa shape index (κ1) is 12.1. The maximum Gasteiger partial charge on any atom is 0.163 e. The predicted octanol–water partition coefficient (Wildman–Crippen LogP) is 2.62. The van der Waals surface area contributed by atoms with Crippen molar-refractivity contribution >= 4 is 5.78 Å². The molecule has 92 valence electrons. The SMILES string of the molecule is COCCOc1ccc2c(c1)C(=O)CCCC2. The van der Waals surface area contributed by atoms with Gasteiger partial charge in [-0.25, -0.2) is 0 Å². The highest BCUT2D eigenvalue weighted by Gasteiger charge is 2.15. The summed E-state index contributed by atoms with van der Waals surface area (Å²) in [5, 5.41) is 0. The van der Waals surface area contributed by atoms with Crippen LogP contribution in [0.4, 0.5) is 0 Å². The van der Waals surface area contributed by atoms with E-state index in [1.165, 1.54) is 0 Å². The van der Waals surface area contributed by atoms with Crippen molar-refractivity contribution in [2.45, 2.75) is 25.7 Å². The number of hydrogen-bond donors (Lipinski definition) is 0. The quantitative estimate of drug-likeness (QED) is 0.593. The molecule has 1 aliphatic rings. The monoisotopic (exact) mass is 234 g/mol. The molecule has 0 atom stereocenters. The first-order chi connectivity index (χ1) is 8.31. The van der Waals surface area contributed by atoms with E-state index < -0.39 is 0 Å². The third-order valence-electron chi connectivity index (χ3n) is 3.04. The van der Waals surface area contributed by atoms with Gasteiger partial charge in [-0.3, -0.25) is 4.79 Å². The number of fused-ring (bicyclic) bond motifs is 1. The third-order valence-corrected chi connectivity index (χ3v) is 3.04. The highest BCUT2D eigenvalue weighted by molar-refractivity contribution is 5.98. The smallest absolute Gasteiger partial charge is 0.163 e. The number of methoxy groups -OCH3 is 1. The van der Waals surface area contributed by atoms with Crippen molar-refractivity contribution in [2.24, 2.45) is 0 Å². The molecule has 0 saturated carbocycles. The minimum absolute atomic E-state index is 0.245. The second-order valence-corrected chi connectivity index (χ2v) is 4.29. The van der Waals surface area contributed by atoms with E-state index in [1.54, 1.807) is 7.11 Å². The molecule has 2 rings (SSSR count). The van der Waals surface area contributed by atoms with Crippen LogP contribution in [0.1, 0.15) is 35.2 Å². The molecule has 0 aliphatic heterocycles. The van der Waals surface area contributed by atoms with Gasteiger partial charge in [0.05, 0.1) is 6.61 Å². The molecule has 1 aromatic rings. The number of carbonyl (C=O) groups excluding carboxylic acids is 1. The molecule has 1 aromatic carbocycles. The summed E-state index contributed by atoms with van der Waals surface area (Å²) in [5.41, 5.74) is 2.00. The van der Waals surface area contributed by atoms with Gasteiger partial charge in [-0.2, -0.15) is 0 Å². The Hall–Kier alpha value is -1.35. The number of Topliss-reactive ketones (excluding diaryl/α,β-unsaturated/α-hetero) is 1. The molecule has 0 heterocycles. The molecule has 0 N–H and O–H groups in total. The number of rotatable bonds is 4. The average molecular weight is 234 g/mol. The van der Waals surface area contributed by atoms with Crippen LogP contribution < -0.4 is 4.74 Å². The third kappa shape index (κ3) is 3.07. The van der Waals surface area contributed by atoms with Crippen LogP contribution in [0.5, 0.6) is 5.75 Å². The lowest BCUT2D eigenvalue weighted by Gasteiger charge is -2.09. The van der Waals surface area contributed by atoms with E-state index in [4.69, 9.17) is 9.47 Å². The molecule has 3 heteroatoms. The largest absolute Gasteiger partial charge is 0.491 e. The lowest BCUT2D eigenvalue weighted by molar-refractivity contribution is 0.0981. The number of ketones is 1. The van der Waals surface area contributed by atoms with Gasteiger partial charge < -0.3 is 9.47 Å². The lowest BCUT2D eigenvalue weighted by Crippen LogP contribution is -2.06. The second kappa shape index (κ2) is 5.82. The molecule has 3 nitrogen and oxygen atoms in total. The van der Waals surface area contributed by atoms with Gasteiger partial charge >= 0.3 is 0 Å². The molecule has 1 aliphatic carbocycles. The molecule has 0 saturated heterocycles. The Morgan fingerprint density at radius 3 is 2.82 bits per heavy atom. The zero-order valence-corrected chi connectivity index (χ0v) is 10.2. The van der Waals surface area contributed by atoms with Gasteiger partial charge in [-0.05, 0) is 37.0 Å². The average Bonchev–Trinajstić information content (AvgIpc) is 2.52. The molecule has 0 bridgehead atoms. The zero-order valence-electron chi connectivity index (χ0n) is 10.2. The minimum atomic E-state index is 0.245. The van der Waals surface area contributed by atoms with Crippen LogP contribution in [0.25, 0.3) is 0 Å². The Morgan fingerprint density at radius 1 is 1.18 bits per heavy atom. The second-order valence-electron chi connectivity index (χ2n) is 4.29. The van der Waals surface area contributed by atoms with E-state index in [-0.39, 0.29) is 5.78 Å². The fraction of sp³-hybridized carbons (Fsp3) is 0.500. The van der Waals surface area contributed by atoms with Crippen molar-refractivity contribution in [1.82, 2.24) is 0 Å². The van der Waals surface area contributed by atoms with Crippen LogP contribution >= 0.6 is 0 Å². The summed E-state index contributed by atoms with van der Waals surface area (Å²) in [6, 6.07) is 5.83. The van der Waals surface area contributed by atoms with E-state index in [2.05, 4.69) is 0 Å². The van der Waals surface area contributed by atoms with Gasteiger partial charge in [-0.15, -0.1) is 0 Å². The van der Waals surface area contributed by atoms with Gasteiger partial charge in [0.2, 0.25) is 0 Å². The van der Waals surface area contributed by atoms with Crippen molar-refractivity contribution in [3.63, 3.8) is 0 Å². The first-order valence-electron chi connectivity index (χ1n) is 6.09. The molecule has 0 fully saturated rings. The summed E-state index contributed by atoms with van der Waals surface area (Å²) in [7, 11) is 1.64. The Balaban J connectivity index is 2.14. The van der Waals surface area contributed by atoms with Crippen LogP contribution in [-0.4, -0.2) is 26.1 Å². The van der Waals surface area contributed by atoms with Crippen molar-refractivity contribution < 1.29 is 14.3 Å². The maximum absolute atomic E-state index is 11.9. The molecule has 17 heavy (non-hydrogen) atoms.